The highest BCUT2D eigenvalue weighted by atomic mass is 35.5. The first-order valence-corrected chi connectivity index (χ1v) is 6.15. The quantitative estimate of drug-likeness (QED) is 0.714. The average molecular weight is 245 g/mol. The van der Waals surface area contributed by atoms with E-state index in [1.54, 1.807) is 0 Å². The molecule has 1 aliphatic rings. The number of alkyl halides is 1. The Morgan fingerprint density at radius 3 is 2.67 bits per heavy atom. The third kappa shape index (κ3) is 2.66. The van der Waals surface area contributed by atoms with Gasteiger partial charge >= 0.3 is 0 Å². The van der Waals surface area contributed by atoms with Crippen LogP contribution in [-0.2, 0) is 4.74 Å². The van der Waals surface area contributed by atoms with E-state index in [2.05, 4.69) is 0 Å². The summed E-state index contributed by atoms with van der Waals surface area (Å²) in [6, 6.07) is 7.86. The second kappa shape index (κ2) is 5.20. The summed E-state index contributed by atoms with van der Waals surface area (Å²) in [6.07, 6.45) is 2.41. The van der Waals surface area contributed by atoms with Gasteiger partial charge in [0.1, 0.15) is 0 Å². The summed E-state index contributed by atoms with van der Waals surface area (Å²) in [5.41, 5.74) is 1.18. The number of hydrogen-bond acceptors (Lipinski definition) is 1. The molecule has 2 atom stereocenters. The minimum atomic E-state index is 0.147. The third-order valence-corrected chi connectivity index (χ3v) is 3.49. The lowest BCUT2D eigenvalue weighted by Gasteiger charge is -2.30. The molecule has 3 heteroatoms. The van der Waals surface area contributed by atoms with E-state index in [1.807, 2.05) is 24.3 Å². The first-order valence-electron chi connectivity index (χ1n) is 5.24. The summed E-state index contributed by atoms with van der Waals surface area (Å²) in [5.74, 6) is 1.09. The van der Waals surface area contributed by atoms with Gasteiger partial charge in [-0.05, 0) is 30.5 Å². The number of benzene rings is 1. The van der Waals surface area contributed by atoms with Gasteiger partial charge in [-0.1, -0.05) is 23.7 Å². The highest BCUT2D eigenvalue weighted by molar-refractivity contribution is 6.30. The Hall–Kier alpha value is -0.240. The van der Waals surface area contributed by atoms with Gasteiger partial charge in [0.2, 0.25) is 0 Å². The average Bonchev–Trinajstić information content (AvgIpc) is 2.30. The molecule has 0 amide bonds. The van der Waals surface area contributed by atoms with Crippen LogP contribution in [0, 0.1) is 5.92 Å². The zero-order valence-corrected chi connectivity index (χ0v) is 9.97. The van der Waals surface area contributed by atoms with E-state index < -0.39 is 0 Å². The Kier molecular flexibility index (Phi) is 3.90. The van der Waals surface area contributed by atoms with Crippen LogP contribution in [0.25, 0.3) is 0 Å². The monoisotopic (exact) mass is 244 g/mol. The van der Waals surface area contributed by atoms with Gasteiger partial charge in [0, 0.05) is 23.4 Å². The fourth-order valence-corrected chi connectivity index (χ4v) is 2.46. The van der Waals surface area contributed by atoms with Crippen molar-refractivity contribution in [3.8, 4) is 0 Å². The van der Waals surface area contributed by atoms with Gasteiger partial charge in [-0.2, -0.15) is 0 Å². The molecule has 0 N–H and O–H groups in total. The number of halogens is 2. The minimum absolute atomic E-state index is 0.147. The second-order valence-corrected chi connectivity index (χ2v) is 4.64. The summed E-state index contributed by atoms with van der Waals surface area (Å²) in [5, 5.41) is 0.761. The van der Waals surface area contributed by atoms with Gasteiger partial charge in [0.25, 0.3) is 0 Å². The van der Waals surface area contributed by atoms with E-state index in [0.29, 0.717) is 11.8 Å². The molecule has 0 aromatic heterocycles. The number of rotatable bonds is 2. The van der Waals surface area contributed by atoms with Gasteiger partial charge in [-0.25, -0.2) is 0 Å². The molecule has 0 bridgehead atoms. The molecule has 1 nitrogen and oxygen atoms in total. The van der Waals surface area contributed by atoms with Gasteiger partial charge in [-0.15, -0.1) is 11.6 Å². The van der Waals surface area contributed by atoms with Crippen molar-refractivity contribution in [1.82, 2.24) is 0 Å². The first-order chi connectivity index (χ1) is 7.31. The molecule has 1 heterocycles. The SMILES string of the molecule is ClCC1CCCOC1c1ccc(Cl)cc1. The molecule has 0 aliphatic carbocycles. The van der Waals surface area contributed by atoms with Crippen LogP contribution < -0.4 is 0 Å². The van der Waals surface area contributed by atoms with Crippen LogP contribution in [0.4, 0.5) is 0 Å². The molecular formula is C12H14Cl2O. The van der Waals surface area contributed by atoms with E-state index in [1.165, 1.54) is 5.56 Å². The van der Waals surface area contributed by atoms with Crippen LogP contribution in [0.3, 0.4) is 0 Å². The van der Waals surface area contributed by atoms with Gasteiger partial charge < -0.3 is 4.74 Å². The molecule has 2 rings (SSSR count). The fourth-order valence-electron chi connectivity index (χ4n) is 2.02. The molecule has 0 spiro atoms. The first kappa shape index (κ1) is 11.3. The van der Waals surface area contributed by atoms with E-state index >= 15 is 0 Å². The van der Waals surface area contributed by atoms with Crippen molar-refractivity contribution in [3.63, 3.8) is 0 Å². The van der Waals surface area contributed by atoms with E-state index in [-0.39, 0.29) is 6.10 Å². The van der Waals surface area contributed by atoms with Crippen molar-refractivity contribution in [1.29, 1.82) is 0 Å². The maximum atomic E-state index is 5.95. The molecule has 1 aromatic carbocycles. The van der Waals surface area contributed by atoms with Crippen molar-refractivity contribution in [2.75, 3.05) is 12.5 Å². The van der Waals surface area contributed by atoms with Crippen molar-refractivity contribution < 1.29 is 4.74 Å². The molecule has 1 aliphatic heterocycles. The summed E-state index contributed by atoms with van der Waals surface area (Å²) in [4.78, 5) is 0. The molecule has 0 saturated carbocycles. The van der Waals surface area contributed by atoms with E-state index in [0.717, 1.165) is 24.5 Å². The maximum absolute atomic E-state index is 5.95. The molecule has 1 fully saturated rings. The van der Waals surface area contributed by atoms with Crippen LogP contribution in [0.1, 0.15) is 24.5 Å². The Bertz CT molecular complexity index is 310. The van der Waals surface area contributed by atoms with Gasteiger partial charge in [0.15, 0.2) is 0 Å². The lowest BCUT2D eigenvalue weighted by molar-refractivity contribution is -0.0208. The smallest absolute Gasteiger partial charge is 0.0864 e. The van der Waals surface area contributed by atoms with Crippen LogP contribution >= 0.6 is 23.2 Å². The number of hydrogen-bond donors (Lipinski definition) is 0. The molecular weight excluding hydrogens is 231 g/mol. The van der Waals surface area contributed by atoms with Crippen LogP contribution in [-0.4, -0.2) is 12.5 Å². The normalized spacial score (nSPS) is 26.5. The third-order valence-electron chi connectivity index (χ3n) is 2.84. The maximum Gasteiger partial charge on any atom is 0.0864 e. The molecule has 1 saturated heterocycles. The van der Waals surface area contributed by atoms with Crippen molar-refractivity contribution in [3.05, 3.63) is 34.9 Å². The summed E-state index contributed by atoms with van der Waals surface area (Å²) in [7, 11) is 0. The molecule has 1 aromatic rings. The second-order valence-electron chi connectivity index (χ2n) is 3.90. The van der Waals surface area contributed by atoms with Crippen LogP contribution in [0.5, 0.6) is 0 Å². The van der Waals surface area contributed by atoms with Gasteiger partial charge in [-0.3, -0.25) is 0 Å². The minimum Gasteiger partial charge on any atom is -0.373 e. The van der Waals surface area contributed by atoms with Gasteiger partial charge in [0.05, 0.1) is 6.10 Å². The molecule has 2 unspecified atom stereocenters. The predicted octanol–water partition coefficient (Wildman–Crippen LogP) is 4.05. The highest BCUT2D eigenvalue weighted by Gasteiger charge is 2.26. The topological polar surface area (TPSA) is 9.23 Å². The molecule has 82 valence electrons. The highest BCUT2D eigenvalue weighted by Crippen LogP contribution is 2.34. The molecule has 15 heavy (non-hydrogen) atoms. The lowest BCUT2D eigenvalue weighted by Crippen LogP contribution is -2.23. The number of ether oxygens (including phenoxy) is 1. The summed E-state index contributed by atoms with van der Waals surface area (Å²) in [6.45, 7) is 0.834. The van der Waals surface area contributed by atoms with Crippen molar-refractivity contribution in [2.24, 2.45) is 5.92 Å². The Balaban J connectivity index is 2.16. The zero-order valence-electron chi connectivity index (χ0n) is 8.46. The predicted molar refractivity (Wildman–Crippen MR) is 63.6 cm³/mol. The Labute approximate surface area is 100 Å². The zero-order chi connectivity index (χ0) is 10.7. The Morgan fingerprint density at radius 1 is 1.27 bits per heavy atom. The van der Waals surface area contributed by atoms with Crippen molar-refractivity contribution in [2.45, 2.75) is 18.9 Å². The van der Waals surface area contributed by atoms with Crippen molar-refractivity contribution >= 4 is 23.2 Å². The van der Waals surface area contributed by atoms with E-state index in [4.69, 9.17) is 27.9 Å². The fraction of sp³-hybridized carbons (Fsp3) is 0.500. The van der Waals surface area contributed by atoms with E-state index in [9.17, 15) is 0 Å². The summed E-state index contributed by atoms with van der Waals surface area (Å²) < 4.78 is 5.78. The standard InChI is InChI=1S/C12H14Cl2O/c13-8-10-2-1-7-15-12(10)9-3-5-11(14)6-4-9/h3-6,10,12H,1-2,7-8H2. The lowest BCUT2D eigenvalue weighted by atomic mass is 9.91. The van der Waals surface area contributed by atoms with Crippen LogP contribution in [0.15, 0.2) is 24.3 Å². The van der Waals surface area contributed by atoms with Crippen LogP contribution in [0.2, 0.25) is 5.02 Å². The summed E-state index contributed by atoms with van der Waals surface area (Å²) >= 11 is 11.8. The molecule has 0 radical (unpaired) electrons. The largest absolute Gasteiger partial charge is 0.373 e. The Morgan fingerprint density at radius 2 is 2.00 bits per heavy atom.